The number of aliphatic hydroxyl groups excluding tert-OH is 2. The van der Waals surface area contributed by atoms with E-state index in [1.54, 1.807) is 18.2 Å². The number of pyridine rings is 2. The van der Waals surface area contributed by atoms with E-state index in [1.807, 2.05) is 0 Å². The number of nitrogens with one attached hydrogen (secondary N) is 1. The Balaban J connectivity index is 2.10. The molecule has 0 saturated carbocycles. The number of methoxy groups -OCH3 is 1. The molecule has 0 aliphatic rings. The van der Waals surface area contributed by atoms with Gasteiger partial charge in [0.25, 0.3) is 11.5 Å². The summed E-state index contributed by atoms with van der Waals surface area (Å²) in [5.41, 5.74) is 0.292. The van der Waals surface area contributed by atoms with E-state index >= 15 is 0 Å². The van der Waals surface area contributed by atoms with Crippen LogP contribution in [0.1, 0.15) is 21.5 Å². The van der Waals surface area contributed by atoms with Crippen molar-refractivity contribution >= 4 is 16.9 Å². The second kappa shape index (κ2) is 10.3. The van der Waals surface area contributed by atoms with Crippen molar-refractivity contribution in [3.8, 4) is 5.75 Å². The summed E-state index contributed by atoms with van der Waals surface area (Å²) in [4.78, 5) is 29.9. The average Bonchev–Trinajstić information content (AvgIpc) is 2.78. The Morgan fingerprint density at radius 1 is 1.28 bits per heavy atom. The molecule has 0 fully saturated rings. The molecule has 170 valence electrons. The van der Waals surface area contributed by atoms with E-state index < -0.39 is 35.5 Å². The summed E-state index contributed by atoms with van der Waals surface area (Å²) in [7, 11) is 1.45. The van der Waals surface area contributed by atoms with Gasteiger partial charge in [-0.25, -0.2) is 4.39 Å². The molecule has 4 N–H and O–H groups in total. The Labute approximate surface area is 182 Å². The predicted octanol–water partition coefficient (Wildman–Crippen LogP) is 0.561. The summed E-state index contributed by atoms with van der Waals surface area (Å²) >= 11 is 0. The number of halogens is 1. The maximum absolute atomic E-state index is 13.2. The molecule has 10 heteroatoms. The molecule has 3 aromatic rings. The van der Waals surface area contributed by atoms with Crippen LogP contribution in [-0.4, -0.2) is 63.8 Å². The molecule has 9 nitrogen and oxygen atoms in total. The zero-order valence-electron chi connectivity index (χ0n) is 17.4. The molecule has 3 rings (SSSR count). The summed E-state index contributed by atoms with van der Waals surface area (Å²) in [6, 6.07) is 7.50. The van der Waals surface area contributed by atoms with Gasteiger partial charge in [-0.2, -0.15) is 0 Å². The number of fused-ring (bicyclic) bond motifs is 1. The van der Waals surface area contributed by atoms with Crippen LogP contribution in [0.25, 0.3) is 11.0 Å². The van der Waals surface area contributed by atoms with Crippen LogP contribution in [-0.2, 0) is 17.7 Å². The van der Waals surface area contributed by atoms with Crippen molar-refractivity contribution in [2.45, 2.75) is 19.1 Å². The summed E-state index contributed by atoms with van der Waals surface area (Å²) in [5, 5.41) is 32.4. The highest BCUT2D eigenvalue weighted by atomic mass is 19.1. The minimum atomic E-state index is -1.27. The monoisotopic (exact) mass is 445 g/mol. The standard InChI is InChI=1S/C22H24FN3O6/c1-32-7-6-24-21(30)18-20(29)19-17(26(22(18)31)11-16(28)12-27)9-14(10-25-19)8-13-2-4-15(23)5-3-13/h2-5,9-10,16,27-29H,6-8,11-12H2,1H3,(H,24,30). The predicted molar refractivity (Wildman–Crippen MR) is 114 cm³/mol. The van der Waals surface area contributed by atoms with Gasteiger partial charge in [0.05, 0.1) is 31.4 Å². The van der Waals surface area contributed by atoms with Gasteiger partial charge in [0.15, 0.2) is 5.75 Å². The van der Waals surface area contributed by atoms with E-state index in [-0.39, 0.29) is 36.5 Å². The molecule has 1 amide bonds. The second-order valence-corrected chi connectivity index (χ2v) is 7.24. The molecule has 0 saturated heterocycles. The van der Waals surface area contributed by atoms with Crippen LogP contribution in [0.2, 0.25) is 0 Å². The van der Waals surface area contributed by atoms with E-state index in [1.165, 1.54) is 25.4 Å². The highest BCUT2D eigenvalue weighted by Crippen LogP contribution is 2.26. The van der Waals surface area contributed by atoms with E-state index in [0.717, 1.165) is 10.1 Å². The molecule has 0 spiro atoms. The topological polar surface area (TPSA) is 134 Å². The van der Waals surface area contributed by atoms with Gasteiger partial charge >= 0.3 is 0 Å². The van der Waals surface area contributed by atoms with Crippen LogP contribution in [0.4, 0.5) is 4.39 Å². The Hall–Kier alpha value is -3.34. The van der Waals surface area contributed by atoms with Gasteiger partial charge in [-0.3, -0.25) is 14.6 Å². The summed E-state index contributed by atoms with van der Waals surface area (Å²) in [6.07, 6.45) is 0.584. The number of benzene rings is 1. The number of carbonyl (C=O) groups is 1. The van der Waals surface area contributed by atoms with Crippen molar-refractivity contribution in [2.75, 3.05) is 26.9 Å². The van der Waals surface area contributed by atoms with Crippen molar-refractivity contribution in [1.29, 1.82) is 0 Å². The first-order valence-corrected chi connectivity index (χ1v) is 9.90. The Morgan fingerprint density at radius 2 is 2.00 bits per heavy atom. The van der Waals surface area contributed by atoms with Crippen molar-refractivity contribution in [3.63, 3.8) is 0 Å². The van der Waals surface area contributed by atoms with Crippen molar-refractivity contribution in [3.05, 3.63) is 69.4 Å². The minimum Gasteiger partial charge on any atom is -0.505 e. The van der Waals surface area contributed by atoms with Crippen molar-refractivity contribution < 1.29 is 29.2 Å². The highest BCUT2D eigenvalue weighted by molar-refractivity contribution is 6.01. The van der Waals surface area contributed by atoms with E-state index in [2.05, 4.69) is 10.3 Å². The van der Waals surface area contributed by atoms with Gasteiger partial charge < -0.3 is 29.9 Å². The van der Waals surface area contributed by atoms with Crippen LogP contribution < -0.4 is 10.9 Å². The number of carbonyl (C=O) groups excluding carboxylic acids is 1. The molecule has 2 heterocycles. The molecule has 0 radical (unpaired) electrons. The van der Waals surface area contributed by atoms with E-state index in [0.29, 0.717) is 12.0 Å². The smallest absolute Gasteiger partial charge is 0.267 e. The van der Waals surface area contributed by atoms with Gasteiger partial charge in [-0.05, 0) is 35.7 Å². The molecule has 0 aliphatic heterocycles. The quantitative estimate of drug-likeness (QED) is 0.354. The molecular formula is C22H24FN3O6. The van der Waals surface area contributed by atoms with E-state index in [4.69, 9.17) is 4.74 Å². The number of hydrogen-bond donors (Lipinski definition) is 4. The first kappa shape index (κ1) is 23.3. The fraction of sp³-hybridized carbons (Fsp3) is 0.318. The van der Waals surface area contributed by atoms with Crippen LogP contribution in [0.15, 0.2) is 41.3 Å². The fourth-order valence-corrected chi connectivity index (χ4v) is 3.29. The third-order valence-electron chi connectivity index (χ3n) is 4.88. The van der Waals surface area contributed by atoms with Crippen molar-refractivity contribution in [2.24, 2.45) is 0 Å². The Kier molecular flexibility index (Phi) is 7.52. The first-order chi connectivity index (χ1) is 15.3. The molecule has 1 unspecified atom stereocenters. The number of rotatable bonds is 9. The number of nitrogens with zero attached hydrogens (tertiary/aromatic N) is 2. The Morgan fingerprint density at radius 3 is 2.66 bits per heavy atom. The zero-order chi connectivity index (χ0) is 23.3. The molecule has 1 atom stereocenters. The highest BCUT2D eigenvalue weighted by Gasteiger charge is 2.24. The zero-order valence-corrected chi connectivity index (χ0v) is 17.4. The van der Waals surface area contributed by atoms with Crippen LogP contribution in [0.3, 0.4) is 0 Å². The van der Waals surface area contributed by atoms with Crippen LogP contribution in [0, 0.1) is 5.82 Å². The largest absolute Gasteiger partial charge is 0.505 e. The summed E-state index contributed by atoms with van der Waals surface area (Å²) in [6.45, 7) is -0.586. The SMILES string of the molecule is COCCNC(=O)c1c(O)c2ncc(Cc3ccc(F)cc3)cc2n(CC(O)CO)c1=O. The maximum Gasteiger partial charge on any atom is 0.267 e. The first-order valence-electron chi connectivity index (χ1n) is 9.90. The van der Waals surface area contributed by atoms with Crippen molar-refractivity contribution in [1.82, 2.24) is 14.9 Å². The third kappa shape index (κ3) is 5.10. The number of ether oxygens (including phenoxy) is 1. The number of aliphatic hydroxyl groups is 2. The fourth-order valence-electron chi connectivity index (χ4n) is 3.29. The van der Waals surface area contributed by atoms with Gasteiger partial charge in [0.1, 0.15) is 16.9 Å². The Bertz CT molecular complexity index is 1160. The second-order valence-electron chi connectivity index (χ2n) is 7.24. The number of aromatic nitrogens is 2. The number of aromatic hydroxyl groups is 1. The molecular weight excluding hydrogens is 421 g/mol. The normalized spacial score (nSPS) is 12.1. The van der Waals surface area contributed by atoms with Gasteiger partial charge in [-0.1, -0.05) is 12.1 Å². The lowest BCUT2D eigenvalue weighted by molar-refractivity contribution is 0.0809. The molecule has 32 heavy (non-hydrogen) atoms. The number of hydrogen-bond acceptors (Lipinski definition) is 7. The molecule has 1 aromatic carbocycles. The van der Waals surface area contributed by atoms with Gasteiger partial charge in [0, 0.05) is 19.9 Å². The van der Waals surface area contributed by atoms with Crippen LogP contribution >= 0.6 is 0 Å². The lowest BCUT2D eigenvalue weighted by Gasteiger charge is -2.17. The lowest BCUT2D eigenvalue weighted by Crippen LogP contribution is -2.37. The molecule has 2 aromatic heterocycles. The minimum absolute atomic E-state index is 0.00510. The maximum atomic E-state index is 13.2. The summed E-state index contributed by atoms with van der Waals surface area (Å²) in [5.74, 6) is -1.75. The number of amides is 1. The molecule has 0 bridgehead atoms. The molecule has 0 aliphatic carbocycles. The average molecular weight is 445 g/mol. The van der Waals surface area contributed by atoms with Gasteiger partial charge in [0.2, 0.25) is 0 Å². The van der Waals surface area contributed by atoms with Crippen LogP contribution in [0.5, 0.6) is 5.75 Å². The van der Waals surface area contributed by atoms with E-state index in [9.17, 15) is 29.3 Å². The third-order valence-corrected chi connectivity index (χ3v) is 4.88. The summed E-state index contributed by atoms with van der Waals surface area (Å²) < 4.78 is 19.1. The van der Waals surface area contributed by atoms with Gasteiger partial charge in [-0.15, -0.1) is 0 Å². The lowest BCUT2D eigenvalue weighted by atomic mass is 10.0.